The second-order valence-corrected chi connectivity index (χ2v) is 12.0. The molecule has 198 valence electrons. The number of carbonyl (C=O) groups is 1. The molecule has 2 atom stereocenters. The monoisotopic (exact) mass is 548 g/mol. The van der Waals surface area contributed by atoms with Crippen molar-refractivity contribution in [3.63, 3.8) is 0 Å². The Bertz CT molecular complexity index is 1270. The number of piperidine rings is 1. The predicted molar refractivity (Wildman–Crippen MR) is 153 cm³/mol. The Kier molecular flexibility index (Phi) is 9.25. The minimum atomic E-state index is -0.557. The van der Waals surface area contributed by atoms with E-state index in [-0.39, 0.29) is 17.9 Å². The minimum absolute atomic E-state index is 0.0242. The van der Waals surface area contributed by atoms with Crippen molar-refractivity contribution < 1.29 is 14.3 Å². The lowest BCUT2D eigenvalue weighted by Crippen LogP contribution is -2.46. The average molecular weight is 549 g/mol. The van der Waals surface area contributed by atoms with Gasteiger partial charge >= 0.3 is 6.09 Å². The lowest BCUT2D eigenvalue weighted by atomic mass is 9.81. The number of likely N-dealkylation sites (tertiary alicyclic amines) is 1. The van der Waals surface area contributed by atoms with E-state index in [0.29, 0.717) is 36.0 Å². The molecule has 0 saturated carbocycles. The van der Waals surface area contributed by atoms with Crippen molar-refractivity contribution in [2.45, 2.75) is 49.4 Å². The van der Waals surface area contributed by atoms with Crippen LogP contribution in [0.3, 0.4) is 0 Å². The highest BCUT2D eigenvalue weighted by Gasteiger charge is 2.35. The summed E-state index contributed by atoms with van der Waals surface area (Å²) in [7, 11) is 0. The van der Waals surface area contributed by atoms with E-state index < -0.39 is 5.60 Å². The summed E-state index contributed by atoms with van der Waals surface area (Å²) in [6.45, 7) is 7.11. The smallest absolute Gasteiger partial charge is 0.410 e. The van der Waals surface area contributed by atoms with Gasteiger partial charge in [0.2, 0.25) is 0 Å². The number of thioether (sulfide) groups is 1. The van der Waals surface area contributed by atoms with Gasteiger partial charge in [0.25, 0.3) is 0 Å². The van der Waals surface area contributed by atoms with Gasteiger partial charge in [-0.15, -0.1) is 11.8 Å². The SMILES string of the molecule is CC(C)(C)OC(=O)N1CC[C@H](c2ccc(Cl)cc2)[C@@H](COc2ccc(SCc3ccccc3)cc2C#N)C1. The van der Waals surface area contributed by atoms with Gasteiger partial charge < -0.3 is 14.4 Å². The Morgan fingerprint density at radius 1 is 1.11 bits per heavy atom. The van der Waals surface area contributed by atoms with Crippen molar-refractivity contribution in [2.24, 2.45) is 5.92 Å². The van der Waals surface area contributed by atoms with Crippen LogP contribution >= 0.6 is 23.4 Å². The van der Waals surface area contributed by atoms with Crippen LogP contribution in [0, 0.1) is 17.2 Å². The third-order valence-electron chi connectivity index (χ3n) is 6.46. The summed E-state index contributed by atoms with van der Waals surface area (Å²) in [6.07, 6.45) is 0.476. The molecule has 4 rings (SSSR count). The zero-order chi connectivity index (χ0) is 27.1. The number of hydrogen-bond acceptors (Lipinski definition) is 5. The van der Waals surface area contributed by atoms with Crippen LogP contribution < -0.4 is 4.74 Å². The van der Waals surface area contributed by atoms with E-state index in [1.54, 1.807) is 16.7 Å². The fourth-order valence-electron chi connectivity index (χ4n) is 4.59. The van der Waals surface area contributed by atoms with Crippen LogP contribution in [0.5, 0.6) is 5.75 Å². The predicted octanol–water partition coefficient (Wildman–Crippen LogP) is 7.92. The molecule has 0 spiro atoms. The lowest BCUT2D eigenvalue weighted by Gasteiger charge is -2.39. The fourth-order valence-corrected chi connectivity index (χ4v) is 5.61. The van der Waals surface area contributed by atoms with Crippen LogP contribution in [0.15, 0.2) is 77.7 Å². The van der Waals surface area contributed by atoms with Gasteiger partial charge in [-0.25, -0.2) is 4.79 Å². The molecule has 1 amide bonds. The summed E-state index contributed by atoms with van der Waals surface area (Å²) in [5.74, 6) is 1.60. The Morgan fingerprint density at radius 2 is 1.84 bits per heavy atom. The first-order valence-corrected chi connectivity index (χ1v) is 14.2. The first-order valence-electron chi connectivity index (χ1n) is 12.8. The van der Waals surface area contributed by atoms with Crippen molar-refractivity contribution in [2.75, 3.05) is 19.7 Å². The highest BCUT2D eigenvalue weighted by molar-refractivity contribution is 7.98. The number of halogens is 1. The quantitative estimate of drug-likeness (QED) is 0.280. The molecule has 7 heteroatoms. The van der Waals surface area contributed by atoms with Crippen molar-refractivity contribution >= 4 is 29.5 Å². The Hall–Kier alpha value is -3.14. The molecule has 0 radical (unpaired) electrons. The van der Waals surface area contributed by atoms with E-state index in [1.165, 1.54) is 11.1 Å². The molecular weight excluding hydrogens is 516 g/mol. The van der Waals surface area contributed by atoms with E-state index >= 15 is 0 Å². The lowest BCUT2D eigenvalue weighted by molar-refractivity contribution is 0.0111. The van der Waals surface area contributed by atoms with Crippen molar-refractivity contribution in [3.8, 4) is 11.8 Å². The molecule has 0 aliphatic carbocycles. The van der Waals surface area contributed by atoms with Crippen LogP contribution in [0.2, 0.25) is 5.02 Å². The second-order valence-electron chi connectivity index (χ2n) is 10.5. The van der Waals surface area contributed by atoms with E-state index in [0.717, 1.165) is 17.1 Å². The van der Waals surface area contributed by atoms with Gasteiger partial charge in [-0.3, -0.25) is 0 Å². The number of benzene rings is 3. The molecule has 3 aromatic rings. The van der Waals surface area contributed by atoms with Crippen LogP contribution in [0.25, 0.3) is 0 Å². The van der Waals surface area contributed by atoms with E-state index in [4.69, 9.17) is 21.1 Å². The molecule has 38 heavy (non-hydrogen) atoms. The number of rotatable bonds is 7. The maximum absolute atomic E-state index is 12.8. The second kappa shape index (κ2) is 12.6. The van der Waals surface area contributed by atoms with Gasteiger partial charge in [-0.05, 0) is 74.6 Å². The van der Waals surface area contributed by atoms with Gasteiger partial charge in [0.15, 0.2) is 0 Å². The summed E-state index contributed by atoms with van der Waals surface area (Å²) in [4.78, 5) is 15.6. The first-order chi connectivity index (χ1) is 18.2. The highest BCUT2D eigenvalue weighted by atomic mass is 35.5. The third-order valence-corrected chi connectivity index (χ3v) is 7.77. The van der Waals surface area contributed by atoms with Crippen LogP contribution in [-0.4, -0.2) is 36.3 Å². The molecule has 0 bridgehead atoms. The zero-order valence-corrected chi connectivity index (χ0v) is 23.6. The van der Waals surface area contributed by atoms with Crippen molar-refractivity contribution in [3.05, 3.63) is 94.5 Å². The van der Waals surface area contributed by atoms with Crippen LogP contribution in [0.4, 0.5) is 4.79 Å². The van der Waals surface area contributed by atoms with Gasteiger partial charge in [0.05, 0.1) is 12.2 Å². The van der Waals surface area contributed by atoms with Crippen molar-refractivity contribution in [1.29, 1.82) is 5.26 Å². The molecule has 1 fully saturated rings. The van der Waals surface area contributed by atoms with Gasteiger partial charge in [0.1, 0.15) is 17.4 Å². The Balaban J connectivity index is 1.47. The topological polar surface area (TPSA) is 62.6 Å². The zero-order valence-electron chi connectivity index (χ0n) is 22.0. The van der Waals surface area contributed by atoms with Crippen LogP contribution in [0.1, 0.15) is 49.8 Å². The van der Waals surface area contributed by atoms with Gasteiger partial charge in [0, 0.05) is 34.7 Å². The van der Waals surface area contributed by atoms with Crippen molar-refractivity contribution in [1.82, 2.24) is 4.90 Å². The average Bonchev–Trinajstić information content (AvgIpc) is 2.91. The molecule has 0 aromatic heterocycles. The Labute approximate surface area is 234 Å². The molecule has 0 unspecified atom stereocenters. The summed E-state index contributed by atoms with van der Waals surface area (Å²) >= 11 is 7.82. The number of nitriles is 1. The highest BCUT2D eigenvalue weighted by Crippen LogP contribution is 2.36. The molecule has 1 aliphatic rings. The van der Waals surface area contributed by atoms with Gasteiger partial charge in [-0.1, -0.05) is 54.1 Å². The fraction of sp³-hybridized carbons (Fsp3) is 0.355. The number of nitrogens with zero attached hydrogens (tertiary/aromatic N) is 2. The Morgan fingerprint density at radius 3 is 2.53 bits per heavy atom. The normalized spacial score (nSPS) is 17.5. The third kappa shape index (κ3) is 7.69. The van der Waals surface area contributed by atoms with E-state index in [2.05, 4.69) is 18.2 Å². The maximum atomic E-state index is 12.8. The summed E-state index contributed by atoms with van der Waals surface area (Å²) in [5, 5.41) is 10.5. The first kappa shape index (κ1) is 27.9. The summed E-state index contributed by atoms with van der Waals surface area (Å²) < 4.78 is 11.9. The summed E-state index contributed by atoms with van der Waals surface area (Å²) in [6, 6.07) is 26.2. The number of carbonyl (C=O) groups excluding carboxylic acids is 1. The standard InChI is InChI=1S/C31H33ClN2O3S/c1-31(2,3)37-30(35)34-16-15-28(23-9-11-26(32)12-10-23)25(19-34)20-36-29-14-13-27(17-24(29)18-33)38-21-22-7-5-4-6-8-22/h4-14,17,25,28H,15-16,19-21H2,1-3H3/t25-,28-/m1/s1. The largest absolute Gasteiger partial charge is 0.492 e. The number of ether oxygens (including phenoxy) is 2. The molecule has 5 nitrogen and oxygen atoms in total. The molecule has 1 saturated heterocycles. The number of hydrogen-bond donors (Lipinski definition) is 0. The number of amides is 1. The van der Waals surface area contributed by atoms with Crippen LogP contribution in [-0.2, 0) is 10.5 Å². The molecule has 1 aliphatic heterocycles. The molecule has 1 heterocycles. The minimum Gasteiger partial charge on any atom is -0.492 e. The van der Waals surface area contributed by atoms with E-state index in [9.17, 15) is 10.1 Å². The molecule has 0 N–H and O–H groups in total. The molecule has 3 aromatic carbocycles. The summed E-state index contributed by atoms with van der Waals surface area (Å²) in [5.41, 5.74) is 2.35. The van der Waals surface area contributed by atoms with Gasteiger partial charge in [-0.2, -0.15) is 5.26 Å². The van der Waals surface area contributed by atoms with E-state index in [1.807, 2.05) is 81.4 Å². The molecular formula is C31H33ClN2O3S. The maximum Gasteiger partial charge on any atom is 0.410 e.